The third-order valence-corrected chi connectivity index (χ3v) is 6.17. The Morgan fingerprint density at radius 3 is 2.21 bits per heavy atom. The van der Waals surface area contributed by atoms with Gasteiger partial charge in [-0.1, -0.05) is 84.6 Å². The van der Waals surface area contributed by atoms with Crippen molar-refractivity contribution in [1.82, 2.24) is 0 Å². The number of anilines is 1. The SMILES string of the molecule is c1ccc([C@@H]2O[C@H]2[C@@]2(c3ccccc3)Nc3ccccc3S2)cc1. The highest BCUT2D eigenvalue weighted by atomic mass is 32.2. The van der Waals surface area contributed by atoms with Crippen LogP contribution in [-0.4, -0.2) is 6.10 Å². The van der Waals surface area contributed by atoms with Gasteiger partial charge in [0.15, 0.2) is 0 Å². The van der Waals surface area contributed by atoms with Crippen molar-refractivity contribution in [2.45, 2.75) is 22.0 Å². The topological polar surface area (TPSA) is 24.6 Å². The average Bonchev–Trinajstić information content (AvgIpc) is 3.37. The number of thioether (sulfide) groups is 1. The molecule has 0 aromatic heterocycles. The third kappa shape index (κ3) is 2.16. The Balaban J connectivity index is 1.56. The van der Waals surface area contributed by atoms with Crippen LogP contribution in [0.2, 0.25) is 0 Å². The number of hydrogen-bond acceptors (Lipinski definition) is 3. The van der Waals surface area contributed by atoms with Gasteiger partial charge in [-0.2, -0.15) is 0 Å². The van der Waals surface area contributed by atoms with E-state index in [1.165, 1.54) is 21.7 Å². The van der Waals surface area contributed by atoms with Crippen LogP contribution >= 0.6 is 11.8 Å². The van der Waals surface area contributed by atoms with Gasteiger partial charge in [-0.05, 0) is 23.3 Å². The molecule has 1 fully saturated rings. The lowest BCUT2D eigenvalue weighted by Gasteiger charge is -2.28. The van der Waals surface area contributed by atoms with Crippen molar-refractivity contribution in [1.29, 1.82) is 0 Å². The maximum Gasteiger partial charge on any atom is 0.143 e. The zero-order valence-electron chi connectivity index (χ0n) is 13.1. The van der Waals surface area contributed by atoms with Gasteiger partial charge in [-0.15, -0.1) is 0 Å². The average molecular weight is 331 g/mol. The second-order valence-corrected chi connectivity index (χ2v) is 7.50. The second kappa shape index (κ2) is 5.40. The number of fused-ring (bicyclic) bond motifs is 1. The normalized spacial score (nSPS) is 27.3. The Hall–Kier alpha value is -2.23. The minimum absolute atomic E-state index is 0.111. The highest BCUT2D eigenvalue weighted by Gasteiger charge is 2.59. The van der Waals surface area contributed by atoms with Crippen molar-refractivity contribution in [3.05, 3.63) is 96.1 Å². The Labute approximate surface area is 145 Å². The van der Waals surface area contributed by atoms with Gasteiger partial charge >= 0.3 is 0 Å². The molecule has 0 radical (unpaired) electrons. The minimum atomic E-state index is -0.272. The fraction of sp³-hybridized carbons (Fsp3) is 0.143. The quantitative estimate of drug-likeness (QED) is 0.668. The molecular formula is C21H17NOS. The first-order valence-corrected chi connectivity index (χ1v) is 9.01. The maximum absolute atomic E-state index is 6.19. The molecule has 3 atom stereocenters. The molecule has 5 rings (SSSR count). The van der Waals surface area contributed by atoms with Crippen molar-refractivity contribution in [3.8, 4) is 0 Å². The zero-order valence-corrected chi connectivity index (χ0v) is 13.9. The Kier molecular flexibility index (Phi) is 3.18. The minimum Gasteiger partial charge on any atom is -0.364 e. The number of nitrogens with one attached hydrogen (secondary N) is 1. The van der Waals surface area contributed by atoms with E-state index in [1.807, 2.05) is 17.8 Å². The van der Waals surface area contributed by atoms with E-state index in [9.17, 15) is 0 Å². The van der Waals surface area contributed by atoms with Gasteiger partial charge < -0.3 is 10.1 Å². The summed E-state index contributed by atoms with van der Waals surface area (Å²) in [6.07, 6.45) is 0.250. The second-order valence-electron chi connectivity index (χ2n) is 6.21. The number of benzene rings is 3. The molecule has 0 unspecified atom stereocenters. The van der Waals surface area contributed by atoms with Crippen molar-refractivity contribution in [2.24, 2.45) is 0 Å². The molecule has 0 spiro atoms. The van der Waals surface area contributed by atoms with Gasteiger partial charge in [0.1, 0.15) is 17.1 Å². The molecule has 1 N–H and O–H groups in total. The predicted molar refractivity (Wildman–Crippen MR) is 98.1 cm³/mol. The molecule has 2 heterocycles. The largest absolute Gasteiger partial charge is 0.364 e. The van der Waals surface area contributed by atoms with E-state index < -0.39 is 0 Å². The lowest BCUT2D eigenvalue weighted by molar-refractivity contribution is 0.348. The molecule has 24 heavy (non-hydrogen) atoms. The van der Waals surface area contributed by atoms with E-state index in [4.69, 9.17) is 4.74 Å². The molecule has 0 bridgehead atoms. The molecule has 2 nitrogen and oxygen atoms in total. The number of hydrogen-bond donors (Lipinski definition) is 1. The first-order chi connectivity index (χ1) is 11.9. The summed E-state index contributed by atoms with van der Waals surface area (Å²) in [5.74, 6) is 0. The maximum atomic E-state index is 6.19. The molecular weight excluding hydrogens is 314 g/mol. The van der Waals surface area contributed by atoms with Gasteiger partial charge in [-0.3, -0.25) is 0 Å². The summed E-state index contributed by atoms with van der Waals surface area (Å²) in [5.41, 5.74) is 3.69. The summed E-state index contributed by atoms with van der Waals surface area (Å²) in [7, 11) is 0. The van der Waals surface area contributed by atoms with Gasteiger partial charge in [0.25, 0.3) is 0 Å². The molecule has 0 aliphatic carbocycles. The van der Waals surface area contributed by atoms with E-state index >= 15 is 0 Å². The van der Waals surface area contributed by atoms with Gasteiger partial charge in [0.2, 0.25) is 0 Å². The number of rotatable bonds is 3. The summed E-state index contributed by atoms with van der Waals surface area (Å²) >= 11 is 1.87. The summed E-state index contributed by atoms with van der Waals surface area (Å²) in [4.78, 5) is 1.01. The standard InChI is InChI=1S/C21H17NOS/c1-3-9-15(10-4-1)19-20(23-19)21(16-11-5-2-6-12-16)22-17-13-7-8-14-18(17)24-21/h1-14,19-20,22H/t19-,20+,21-/m0/s1. The fourth-order valence-corrected chi connectivity index (χ4v) is 4.92. The number of epoxide rings is 1. The van der Waals surface area contributed by atoms with Crippen LogP contribution in [-0.2, 0) is 9.61 Å². The highest BCUT2D eigenvalue weighted by Crippen LogP contribution is 2.61. The van der Waals surface area contributed by atoms with Crippen molar-refractivity contribution < 1.29 is 4.74 Å². The van der Waals surface area contributed by atoms with E-state index in [0.29, 0.717) is 0 Å². The highest BCUT2D eigenvalue weighted by molar-refractivity contribution is 8.01. The Bertz CT molecular complexity index is 840. The summed E-state index contributed by atoms with van der Waals surface area (Å²) in [6.45, 7) is 0. The molecule has 0 saturated carbocycles. The Morgan fingerprint density at radius 1 is 0.792 bits per heavy atom. The number of para-hydroxylation sites is 1. The lowest BCUT2D eigenvalue weighted by Crippen LogP contribution is -2.34. The first-order valence-electron chi connectivity index (χ1n) is 8.19. The summed E-state index contributed by atoms with van der Waals surface area (Å²) in [6, 6.07) is 29.6. The number of ether oxygens (including phenoxy) is 1. The van der Waals surface area contributed by atoms with Crippen LogP contribution in [0.25, 0.3) is 0 Å². The molecule has 118 valence electrons. The van der Waals surface area contributed by atoms with E-state index in [0.717, 1.165) is 0 Å². The van der Waals surface area contributed by atoms with Gasteiger partial charge in [-0.25, -0.2) is 0 Å². The molecule has 3 aromatic carbocycles. The molecule has 3 heteroatoms. The fourth-order valence-electron chi connectivity index (χ4n) is 3.49. The molecule has 0 amide bonds. The zero-order chi connectivity index (χ0) is 16.0. The molecule has 1 saturated heterocycles. The van der Waals surface area contributed by atoms with Crippen LogP contribution in [0.1, 0.15) is 17.2 Å². The van der Waals surface area contributed by atoms with Crippen LogP contribution in [0.5, 0.6) is 0 Å². The van der Waals surface area contributed by atoms with Crippen LogP contribution < -0.4 is 5.32 Å². The Morgan fingerprint density at radius 2 is 1.46 bits per heavy atom. The molecule has 3 aromatic rings. The van der Waals surface area contributed by atoms with Gasteiger partial charge in [0.05, 0.1) is 0 Å². The molecule has 2 aliphatic rings. The van der Waals surface area contributed by atoms with Gasteiger partial charge in [0, 0.05) is 10.6 Å². The smallest absolute Gasteiger partial charge is 0.143 e. The first kappa shape index (κ1) is 14.1. The predicted octanol–water partition coefficient (Wildman–Crippen LogP) is 5.20. The summed E-state index contributed by atoms with van der Waals surface area (Å²) in [5, 5.41) is 3.76. The lowest BCUT2D eigenvalue weighted by atomic mass is 9.98. The van der Waals surface area contributed by atoms with E-state index in [2.05, 4.69) is 84.2 Å². The van der Waals surface area contributed by atoms with Crippen molar-refractivity contribution >= 4 is 17.4 Å². The van der Waals surface area contributed by atoms with Crippen LogP contribution in [0.4, 0.5) is 5.69 Å². The van der Waals surface area contributed by atoms with Crippen LogP contribution in [0.3, 0.4) is 0 Å². The summed E-state index contributed by atoms with van der Waals surface area (Å²) < 4.78 is 6.19. The van der Waals surface area contributed by atoms with Crippen LogP contribution in [0.15, 0.2) is 89.8 Å². The van der Waals surface area contributed by atoms with Crippen molar-refractivity contribution in [2.75, 3.05) is 5.32 Å². The van der Waals surface area contributed by atoms with Crippen molar-refractivity contribution in [3.63, 3.8) is 0 Å². The van der Waals surface area contributed by atoms with E-state index in [1.54, 1.807) is 0 Å². The molecule has 2 aliphatic heterocycles. The van der Waals surface area contributed by atoms with Crippen LogP contribution in [0, 0.1) is 0 Å². The van der Waals surface area contributed by atoms with E-state index in [-0.39, 0.29) is 17.1 Å². The monoisotopic (exact) mass is 331 g/mol. The third-order valence-electron chi connectivity index (χ3n) is 4.70.